The summed E-state index contributed by atoms with van der Waals surface area (Å²) in [6, 6.07) is 13.3. The molecular weight excluding hydrogens is 304 g/mol. The number of benzene rings is 2. The minimum Gasteiger partial charge on any atom is -0.457 e. The first-order valence-electron chi connectivity index (χ1n) is 6.12. The normalized spacial score (nSPS) is 10.5. The van der Waals surface area contributed by atoms with Crippen molar-refractivity contribution in [1.82, 2.24) is 0 Å². The van der Waals surface area contributed by atoms with Crippen molar-refractivity contribution in [2.75, 3.05) is 0 Å². The molecule has 0 N–H and O–H groups in total. The molecule has 98 valence electrons. The lowest BCUT2D eigenvalue weighted by atomic mass is 10.0. The predicted molar refractivity (Wildman–Crippen MR) is 80.1 cm³/mol. The number of carbonyl (C=O) groups is 1. The van der Waals surface area contributed by atoms with Gasteiger partial charge in [-0.3, -0.25) is 4.79 Å². The van der Waals surface area contributed by atoms with Crippen LogP contribution in [0, 0.1) is 0 Å². The Morgan fingerprint density at radius 2 is 1.95 bits per heavy atom. The number of aldehydes is 1. The zero-order valence-corrected chi connectivity index (χ0v) is 12.5. The van der Waals surface area contributed by atoms with E-state index >= 15 is 0 Å². The highest BCUT2D eigenvalue weighted by Gasteiger charge is 2.06. The molecule has 0 spiro atoms. The molecule has 0 heterocycles. The maximum absolute atomic E-state index is 11.0. The van der Waals surface area contributed by atoms with E-state index in [2.05, 4.69) is 35.8 Å². The number of hydrogen-bond acceptors (Lipinski definition) is 2. The quantitative estimate of drug-likeness (QED) is 0.726. The van der Waals surface area contributed by atoms with E-state index in [1.54, 1.807) is 12.1 Å². The van der Waals surface area contributed by atoms with Crippen LogP contribution < -0.4 is 4.74 Å². The SMILES string of the molecule is CC(C)c1cccc(Oc2ccc(Br)cc2C=O)c1. The fourth-order valence-electron chi connectivity index (χ4n) is 1.77. The maximum Gasteiger partial charge on any atom is 0.153 e. The van der Waals surface area contributed by atoms with Gasteiger partial charge < -0.3 is 4.74 Å². The molecule has 0 atom stereocenters. The Bertz CT molecular complexity index is 591. The van der Waals surface area contributed by atoms with Crippen molar-refractivity contribution >= 4 is 22.2 Å². The summed E-state index contributed by atoms with van der Waals surface area (Å²) in [5.74, 6) is 1.76. The fraction of sp³-hybridized carbons (Fsp3) is 0.188. The third kappa shape index (κ3) is 3.44. The van der Waals surface area contributed by atoms with Gasteiger partial charge in [-0.2, -0.15) is 0 Å². The molecule has 2 aromatic carbocycles. The van der Waals surface area contributed by atoms with Crippen LogP contribution in [0.2, 0.25) is 0 Å². The van der Waals surface area contributed by atoms with Gasteiger partial charge in [0, 0.05) is 4.47 Å². The molecule has 0 radical (unpaired) electrons. The predicted octanol–water partition coefficient (Wildman–Crippen LogP) is 5.18. The Morgan fingerprint density at radius 3 is 2.63 bits per heavy atom. The largest absolute Gasteiger partial charge is 0.457 e. The van der Waals surface area contributed by atoms with E-state index in [0.717, 1.165) is 16.5 Å². The van der Waals surface area contributed by atoms with Gasteiger partial charge in [0.1, 0.15) is 11.5 Å². The first kappa shape index (κ1) is 13.8. The minimum atomic E-state index is 0.444. The van der Waals surface area contributed by atoms with Crippen LogP contribution in [-0.2, 0) is 0 Å². The smallest absolute Gasteiger partial charge is 0.153 e. The minimum absolute atomic E-state index is 0.444. The Morgan fingerprint density at radius 1 is 1.16 bits per heavy atom. The van der Waals surface area contributed by atoms with Gasteiger partial charge in [-0.15, -0.1) is 0 Å². The van der Waals surface area contributed by atoms with Gasteiger partial charge >= 0.3 is 0 Å². The van der Waals surface area contributed by atoms with E-state index in [-0.39, 0.29) is 0 Å². The highest BCUT2D eigenvalue weighted by Crippen LogP contribution is 2.28. The van der Waals surface area contributed by atoms with Crippen LogP contribution in [-0.4, -0.2) is 6.29 Å². The Labute approximate surface area is 121 Å². The van der Waals surface area contributed by atoms with Crippen LogP contribution in [0.4, 0.5) is 0 Å². The van der Waals surface area contributed by atoms with Crippen LogP contribution in [0.25, 0.3) is 0 Å². The lowest BCUT2D eigenvalue weighted by Crippen LogP contribution is -1.92. The second-order valence-corrected chi connectivity index (χ2v) is 5.54. The summed E-state index contributed by atoms with van der Waals surface area (Å²) in [5, 5.41) is 0. The van der Waals surface area contributed by atoms with E-state index in [9.17, 15) is 4.79 Å². The molecular formula is C16H15BrO2. The monoisotopic (exact) mass is 318 g/mol. The van der Waals surface area contributed by atoms with Crippen molar-refractivity contribution in [3.05, 3.63) is 58.1 Å². The van der Waals surface area contributed by atoms with E-state index < -0.39 is 0 Å². The molecule has 19 heavy (non-hydrogen) atoms. The first-order valence-corrected chi connectivity index (χ1v) is 6.92. The van der Waals surface area contributed by atoms with Gasteiger partial charge in [0.15, 0.2) is 6.29 Å². The van der Waals surface area contributed by atoms with Crippen molar-refractivity contribution in [3.8, 4) is 11.5 Å². The lowest BCUT2D eigenvalue weighted by molar-refractivity contribution is 0.112. The Hall–Kier alpha value is -1.61. The van der Waals surface area contributed by atoms with Crippen molar-refractivity contribution in [2.24, 2.45) is 0 Å². The number of ether oxygens (including phenoxy) is 1. The second-order valence-electron chi connectivity index (χ2n) is 4.63. The topological polar surface area (TPSA) is 26.3 Å². The maximum atomic E-state index is 11.0. The Balaban J connectivity index is 2.30. The number of hydrogen-bond donors (Lipinski definition) is 0. The highest BCUT2D eigenvalue weighted by atomic mass is 79.9. The zero-order valence-electron chi connectivity index (χ0n) is 10.9. The van der Waals surface area contributed by atoms with Crippen LogP contribution in [0.5, 0.6) is 11.5 Å². The molecule has 0 saturated heterocycles. The lowest BCUT2D eigenvalue weighted by Gasteiger charge is -2.11. The van der Waals surface area contributed by atoms with Gasteiger partial charge in [-0.25, -0.2) is 0 Å². The zero-order chi connectivity index (χ0) is 13.8. The van der Waals surface area contributed by atoms with Crippen molar-refractivity contribution in [3.63, 3.8) is 0 Å². The van der Waals surface area contributed by atoms with Crippen LogP contribution >= 0.6 is 15.9 Å². The van der Waals surface area contributed by atoms with Gasteiger partial charge in [0.05, 0.1) is 5.56 Å². The molecule has 2 rings (SSSR count). The van der Waals surface area contributed by atoms with Crippen molar-refractivity contribution in [2.45, 2.75) is 19.8 Å². The number of carbonyl (C=O) groups excluding carboxylic acids is 1. The molecule has 3 heteroatoms. The number of rotatable bonds is 4. The third-order valence-corrected chi connectivity index (χ3v) is 3.34. The molecule has 0 bridgehead atoms. The van der Waals surface area contributed by atoms with Gasteiger partial charge in [-0.1, -0.05) is 41.9 Å². The second kappa shape index (κ2) is 6.02. The molecule has 0 aliphatic rings. The summed E-state index contributed by atoms with van der Waals surface area (Å²) in [4.78, 5) is 11.0. The molecule has 2 aromatic rings. The molecule has 0 aliphatic heterocycles. The molecule has 0 aromatic heterocycles. The average molecular weight is 319 g/mol. The standard InChI is InChI=1S/C16H15BrO2/c1-11(2)12-4-3-5-15(9-12)19-16-7-6-14(17)8-13(16)10-18/h3-11H,1-2H3. The average Bonchev–Trinajstić information content (AvgIpc) is 2.41. The van der Waals surface area contributed by atoms with E-state index in [1.807, 2.05) is 24.3 Å². The third-order valence-electron chi connectivity index (χ3n) is 2.85. The number of halogens is 1. The van der Waals surface area contributed by atoms with E-state index in [4.69, 9.17) is 4.74 Å². The summed E-state index contributed by atoms with van der Waals surface area (Å²) in [7, 11) is 0. The van der Waals surface area contributed by atoms with Crippen LogP contribution in [0.1, 0.15) is 35.7 Å². The van der Waals surface area contributed by atoms with E-state index in [0.29, 0.717) is 17.2 Å². The Kier molecular flexibility index (Phi) is 4.38. The fourth-order valence-corrected chi connectivity index (χ4v) is 2.15. The van der Waals surface area contributed by atoms with Gasteiger partial charge in [-0.05, 0) is 41.8 Å². The van der Waals surface area contributed by atoms with Crippen molar-refractivity contribution < 1.29 is 9.53 Å². The first-order chi connectivity index (χ1) is 9.10. The summed E-state index contributed by atoms with van der Waals surface area (Å²) < 4.78 is 6.65. The molecule has 0 amide bonds. The highest BCUT2D eigenvalue weighted by molar-refractivity contribution is 9.10. The van der Waals surface area contributed by atoms with Crippen LogP contribution in [0.15, 0.2) is 46.9 Å². The molecule has 2 nitrogen and oxygen atoms in total. The van der Waals surface area contributed by atoms with E-state index in [1.165, 1.54) is 5.56 Å². The van der Waals surface area contributed by atoms with Crippen molar-refractivity contribution in [1.29, 1.82) is 0 Å². The van der Waals surface area contributed by atoms with Gasteiger partial charge in [0.2, 0.25) is 0 Å². The summed E-state index contributed by atoms with van der Waals surface area (Å²) in [6.45, 7) is 4.27. The molecule has 0 fully saturated rings. The summed E-state index contributed by atoms with van der Waals surface area (Å²) in [6.07, 6.45) is 0.798. The molecule has 0 unspecified atom stereocenters. The summed E-state index contributed by atoms with van der Waals surface area (Å²) >= 11 is 3.34. The van der Waals surface area contributed by atoms with Crippen LogP contribution in [0.3, 0.4) is 0 Å². The summed E-state index contributed by atoms with van der Waals surface area (Å²) in [5.41, 5.74) is 1.74. The molecule has 0 aliphatic carbocycles. The van der Waals surface area contributed by atoms with Gasteiger partial charge in [0.25, 0.3) is 0 Å². The molecule has 0 saturated carbocycles.